The van der Waals surface area contributed by atoms with Crippen molar-refractivity contribution in [2.24, 2.45) is 16.8 Å². The lowest BCUT2D eigenvalue weighted by molar-refractivity contribution is 0.0976. The van der Waals surface area contributed by atoms with Gasteiger partial charge in [0.2, 0.25) is 0 Å². The monoisotopic (exact) mass is 355 g/mol. The van der Waals surface area contributed by atoms with Gasteiger partial charge in [0.15, 0.2) is 0 Å². The Kier molecular flexibility index (Phi) is 10.9. The number of nitrogens with zero attached hydrogens (tertiary/aromatic N) is 3. The van der Waals surface area contributed by atoms with Crippen LogP contribution in [-0.2, 0) is 0 Å². The van der Waals surface area contributed by atoms with Gasteiger partial charge in [-0.3, -0.25) is 4.99 Å². The van der Waals surface area contributed by atoms with E-state index in [4.69, 9.17) is 11.6 Å². The lowest BCUT2D eigenvalue weighted by Crippen LogP contribution is -2.46. The van der Waals surface area contributed by atoms with Crippen molar-refractivity contribution in [3.05, 3.63) is 11.6 Å². The Morgan fingerprint density at radius 3 is 2.33 bits per heavy atom. The van der Waals surface area contributed by atoms with E-state index >= 15 is 0 Å². The summed E-state index contributed by atoms with van der Waals surface area (Å²) in [5, 5.41) is 0. The Bertz CT molecular complexity index is 371. The van der Waals surface area contributed by atoms with Gasteiger partial charge < -0.3 is 9.80 Å². The van der Waals surface area contributed by atoms with Gasteiger partial charge in [-0.2, -0.15) is 0 Å². The second kappa shape index (κ2) is 12.1. The molecule has 0 radical (unpaired) electrons. The van der Waals surface area contributed by atoms with Crippen LogP contribution in [0.3, 0.4) is 0 Å². The van der Waals surface area contributed by atoms with Crippen LogP contribution < -0.4 is 0 Å². The zero-order valence-electron chi connectivity index (χ0n) is 16.4. The van der Waals surface area contributed by atoms with Gasteiger partial charge in [0.1, 0.15) is 0 Å². The number of hydrogen-bond donors (Lipinski definition) is 0. The Hall–Kier alpha value is -0.380. The minimum absolute atomic E-state index is 0.353. The smallest absolute Gasteiger partial charge is 0.0501 e. The molecule has 1 rings (SSSR count). The number of likely N-dealkylation sites (tertiary alicyclic amines) is 1. The second-order valence-electron chi connectivity index (χ2n) is 7.14. The summed E-state index contributed by atoms with van der Waals surface area (Å²) in [7, 11) is 0. The van der Waals surface area contributed by atoms with E-state index in [1.54, 1.807) is 5.54 Å². The first-order valence-electron chi connectivity index (χ1n) is 9.76. The molecule has 0 aromatic heterocycles. The molecule has 0 amide bonds. The van der Waals surface area contributed by atoms with Gasteiger partial charge in [-0.25, -0.2) is 0 Å². The van der Waals surface area contributed by atoms with Crippen molar-refractivity contribution in [2.45, 2.75) is 66.0 Å². The van der Waals surface area contributed by atoms with E-state index in [0.29, 0.717) is 17.9 Å². The zero-order chi connectivity index (χ0) is 17.9. The molecule has 1 fully saturated rings. The first-order chi connectivity index (χ1) is 11.6. The van der Waals surface area contributed by atoms with Crippen LogP contribution in [0.4, 0.5) is 0 Å². The van der Waals surface area contributed by atoms with Gasteiger partial charge >= 0.3 is 0 Å². The van der Waals surface area contributed by atoms with Crippen LogP contribution in [0.1, 0.15) is 53.9 Å². The fourth-order valence-electron chi connectivity index (χ4n) is 4.21. The largest absolute Gasteiger partial charge is 0.303 e. The van der Waals surface area contributed by atoms with Crippen molar-refractivity contribution in [2.75, 3.05) is 32.7 Å². The topological polar surface area (TPSA) is 18.8 Å². The Morgan fingerprint density at radius 2 is 1.83 bits per heavy atom. The molecular weight excluding hydrogens is 318 g/mol. The highest BCUT2D eigenvalue weighted by Crippen LogP contribution is 2.26. The average molecular weight is 356 g/mol. The SMILES string of the molecule is CC=NC(C)C(C/C=C/Cl)C(C)CN1CCC(N(CC)CC)CC1. The Morgan fingerprint density at radius 1 is 1.21 bits per heavy atom. The maximum absolute atomic E-state index is 5.76. The normalized spacial score (nSPS) is 21.8. The van der Waals surface area contributed by atoms with E-state index in [1.807, 2.05) is 13.1 Å². The quantitative estimate of drug-likeness (QED) is 0.530. The molecule has 1 aliphatic heterocycles. The maximum atomic E-state index is 5.76. The summed E-state index contributed by atoms with van der Waals surface area (Å²) in [5.74, 6) is 1.18. The van der Waals surface area contributed by atoms with Gasteiger partial charge in [-0.05, 0) is 77.3 Å². The molecule has 0 aromatic rings. The first kappa shape index (κ1) is 21.7. The molecular formula is C20H38ClN3. The standard InChI is InChI=1S/C20H38ClN3/c1-6-22-18(5)20(10-9-13-21)17(4)16-23-14-11-19(12-15-23)24(7-2)8-3/h6,9,13,17-20H,7-8,10-12,14-16H2,1-5H3/b13-9+,22-6?. The maximum Gasteiger partial charge on any atom is 0.0501 e. The summed E-state index contributed by atoms with van der Waals surface area (Å²) in [6.45, 7) is 17.2. The van der Waals surface area contributed by atoms with Crippen LogP contribution in [-0.4, -0.2) is 60.8 Å². The van der Waals surface area contributed by atoms with Crippen molar-refractivity contribution in [3.8, 4) is 0 Å². The molecule has 0 spiro atoms. The molecule has 0 N–H and O–H groups in total. The lowest BCUT2D eigenvalue weighted by Gasteiger charge is -2.39. The molecule has 1 saturated heterocycles. The highest BCUT2D eigenvalue weighted by molar-refractivity contribution is 6.25. The van der Waals surface area contributed by atoms with Crippen LogP contribution in [0.5, 0.6) is 0 Å². The number of allylic oxidation sites excluding steroid dienone is 1. The van der Waals surface area contributed by atoms with E-state index in [2.05, 4.69) is 48.6 Å². The molecule has 1 heterocycles. The van der Waals surface area contributed by atoms with Gasteiger partial charge in [-0.15, -0.1) is 0 Å². The molecule has 3 nitrogen and oxygen atoms in total. The molecule has 1 aliphatic rings. The molecule has 4 heteroatoms. The molecule has 3 unspecified atom stereocenters. The summed E-state index contributed by atoms with van der Waals surface area (Å²) in [6, 6.07) is 1.14. The summed E-state index contributed by atoms with van der Waals surface area (Å²) < 4.78 is 0. The van der Waals surface area contributed by atoms with E-state index < -0.39 is 0 Å². The van der Waals surface area contributed by atoms with Gasteiger partial charge in [0, 0.05) is 18.1 Å². The molecule has 140 valence electrons. The molecule has 0 aromatic carbocycles. The van der Waals surface area contributed by atoms with Crippen LogP contribution in [0, 0.1) is 11.8 Å². The highest BCUT2D eigenvalue weighted by Gasteiger charge is 2.27. The molecule has 24 heavy (non-hydrogen) atoms. The lowest BCUT2D eigenvalue weighted by atomic mass is 9.84. The minimum Gasteiger partial charge on any atom is -0.303 e. The van der Waals surface area contributed by atoms with E-state index in [-0.39, 0.29) is 0 Å². The predicted octanol–water partition coefficient (Wildman–Crippen LogP) is 4.67. The molecule has 0 aliphatic carbocycles. The van der Waals surface area contributed by atoms with E-state index in [0.717, 1.165) is 12.5 Å². The number of rotatable bonds is 10. The molecule has 0 bridgehead atoms. The van der Waals surface area contributed by atoms with Crippen molar-refractivity contribution in [1.29, 1.82) is 0 Å². The predicted molar refractivity (Wildman–Crippen MR) is 108 cm³/mol. The summed E-state index contributed by atoms with van der Waals surface area (Å²) >= 11 is 5.76. The average Bonchev–Trinajstić information content (AvgIpc) is 2.58. The van der Waals surface area contributed by atoms with E-state index in [1.165, 1.54) is 45.6 Å². The van der Waals surface area contributed by atoms with Crippen LogP contribution in [0.2, 0.25) is 0 Å². The van der Waals surface area contributed by atoms with Gasteiger partial charge in [-0.1, -0.05) is 38.4 Å². The Balaban J connectivity index is 2.54. The number of halogens is 1. The highest BCUT2D eigenvalue weighted by atomic mass is 35.5. The number of aliphatic imine (C=N–C) groups is 1. The van der Waals surface area contributed by atoms with Crippen LogP contribution in [0.15, 0.2) is 16.6 Å². The summed E-state index contributed by atoms with van der Waals surface area (Å²) in [5.41, 5.74) is 1.65. The van der Waals surface area contributed by atoms with Crippen LogP contribution >= 0.6 is 11.6 Å². The zero-order valence-corrected chi connectivity index (χ0v) is 17.2. The minimum atomic E-state index is 0.353. The Labute approximate surface area is 155 Å². The first-order valence-corrected chi connectivity index (χ1v) is 10.2. The second-order valence-corrected chi connectivity index (χ2v) is 7.39. The van der Waals surface area contributed by atoms with E-state index in [9.17, 15) is 0 Å². The number of piperidine rings is 1. The third kappa shape index (κ3) is 6.85. The van der Waals surface area contributed by atoms with Gasteiger partial charge in [0.25, 0.3) is 0 Å². The number of hydrogen-bond acceptors (Lipinski definition) is 3. The van der Waals surface area contributed by atoms with Crippen molar-refractivity contribution in [3.63, 3.8) is 0 Å². The molecule has 3 atom stereocenters. The third-order valence-electron chi connectivity index (χ3n) is 5.66. The van der Waals surface area contributed by atoms with Crippen molar-refractivity contribution >= 4 is 17.8 Å². The van der Waals surface area contributed by atoms with Crippen molar-refractivity contribution in [1.82, 2.24) is 9.80 Å². The van der Waals surface area contributed by atoms with Crippen molar-refractivity contribution < 1.29 is 0 Å². The molecule has 0 saturated carbocycles. The third-order valence-corrected chi connectivity index (χ3v) is 5.84. The van der Waals surface area contributed by atoms with Crippen LogP contribution in [0.25, 0.3) is 0 Å². The van der Waals surface area contributed by atoms with Gasteiger partial charge in [0.05, 0.1) is 6.04 Å². The summed E-state index contributed by atoms with van der Waals surface area (Å²) in [6.07, 6.45) is 7.65. The fraction of sp³-hybridized carbons (Fsp3) is 0.850. The summed E-state index contributed by atoms with van der Waals surface area (Å²) in [4.78, 5) is 9.90. The fourth-order valence-corrected chi connectivity index (χ4v) is 4.31.